The smallest absolute Gasteiger partial charge is 0.0110 e. The molecule has 1 aliphatic heterocycles. The van der Waals surface area contributed by atoms with Gasteiger partial charge < -0.3 is 9.80 Å². The fourth-order valence-electron chi connectivity index (χ4n) is 2.44. The summed E-state index contributed by atoms with van der Waals surface area (Å²) in [5, 5.41) is 0. The van der Waals surface area contributed by atoms with E-state index in [9.17, 15) is 0 Å². The molecule has 0 N–H and O–H groups in total. The quantitative estimate of drug-likeness (QED) is 0.616. The van der Waals surface area contributed by atoms with E-state index in [1.807, 2.05) is 0 Å². The van der Waals surface area contributed by atoms with Crippen molar-refractivity contribution in [3.05, 3.63) is 0 Å². The Morgan fingerprint density at radius 3 is 1.94 bits per heavy atom. The van der Waals surface area contributed by atoms with E-state index in [4.69, 9.17) is 0 Å². The summed E-state index contributed by atoms with van der Waals surface area (Å²) in [5.41, 5.74) is 0. The summed E-state index contributed by atoms with van der Waals surface area (Å²) < 4.78 is 0. The van der Waals surface area contributed by atoms with Crippen LogP contribution in [0.15, 0.2) is 0 Å². The molecule has 0 aliphatic carbocycles. The molecular formula is C14H30N2. The average molecular weight is 226 g/mol. The van der Waals surface area contributed by atoms with Gasteiger partial charge in [-0.3, -0.25) is 0 Å². The van der Waals surface area contributed by atoms with Gasteiger partial charge in [0.15, 0.2) is 0 Å². The maximum absolute atomic E-state index is 2.65. The number of hydrogen-bond donors (Lipinski definition) is 0. The van der Waals surface area contributed by atoms with E-state index in [0.717, 1.165) is 5.92 Å². The molecule has 0 radical (unpaired) electrons. The van der Waals surface area contributed by atoms with E-state index < -0.39 is 0 Å². The Bertz CT molecular complexity index is 160. The second-order valence-electron chi connectivity index (χ2n) is 5.57. The number of piperazine rings is 1. The van der Waals surface area contributed by atoms with Crippen LogP contribution in [0.25, 0.3) is 0 Å². The van der Waals surface area contributed by atoms with Crippen LogP contribution >= 0.6 is 0 Å². The first-order chi connectivity index (χ1) is 7.72. The van der Waals surface area contributed by atoms with Crippen molar-refractivity contribution in [2.75, 3.05) is 39.3 Å². The molecule has 1 saturated heterocycles. The molecule has 96 valence electrons. The first kappa shape index (κ1) is 14.0. The Balaban J connectivity index is 1.99. The summed E-state index contributed by atoms with van der Waals surface area (Å²) in [6.07, 6.45) is 5.50. The van der Waals surface area contributed by atoms with Crippen LogP contribution in [0.1, 0.15) is 46.5 Å². The average Bonchev–Trinajstić information content (AvgIpc) is 2.27. The molecule has 1 rings (SSSR count). The van der Waals surface area contributed by atoms with Gasteiger partial charge in [0, 0.05) is 26.2 Å². The molecule has 0 aromatic heterocycles. The first-order valence-corrected chi connectivity index (χ1v) is 7.17. The molecule has 2 heteroatoms. The second-order valence-corrected chi connectivity index (χ2v) is 5.57. The number of nitrogens with zero attached hydrogens (tertiary/aromatic N) is 2. The van der Waals surface area contributed by atoms with Crippen molar-refractivity contribution in [3.8, 4) is 0 Å². The number of unbranched alkanes of at least 4 members (excludes halogenated alkanes) is 1. The summed E-state index contributed by atoms with van der Waals surface area (Å²) in [5.74, 6) is 0.876. The largest absolute Gasteiger partial charge is 0.301 e. The van der Waals surface area contributed by atoms with Crippen LogP contribution in [0.4, 0.5) is 0 Å². The molecule has 1 heterocycles. The highest BCUT2D eigenvalue weighted by molar-refractivity contribution is 4.71. The van der Waals surface area contributed by atoms with Crippen LogP contribution in [-0.2, 0) is 0 Å². The van der Waals surface area contributed by atoms with Gasteiger partial charge in [0.2, 0.25) is 0 Å². The predicted octanol–water partition coefficient (Wildman–Crippen LogP) is 2.84. The Morgan fingerprint density at radius 2 is 1.44 bits per heavy atom. The third kappa shape index (κ3) is 5.86. The zero-order chi connectivity index (χ0) is 11.8. The normalized spacial score (nSPS) is 19.5. The van der Waals surface area contributed by atoms with Crippen molar-refractivity contribution < 1.29 is 0 Å². The van der Waals surface area contributed by atoms with Crippen LogP contribution in [-0.4, -0.2) is 49.1 Å². The Kier molecular flexibility index (Phi) is 7.06. The fourth-order valence-corrected chi connectivity index (χ4v) is 2.44. The van der Waals surface area contributed by atoms with E-state index in [2.05, 4.69) is 30.6 Å². The molecule has 0 aromatic carbocycles. The fraction of sp³-hybridized carbons (Fsp3) is 1.00. The minimum atomic E-state index is 0.876. The van der Waals surface area contributed by atoms with Gasteiger partial charge in [0.1, 0.15) is 0 Å². The molecule has 2 nitrogen and oxygen atoms in total. The van der Waals surface area contributed by atoms with Gasteiger partial charge in [0.25, 0.3) is 0 Å². The highest BCUT2D eigenvalue weighted by Crippen LogP contribution is 2.08. The van der Waals surface area contributed by atoms with Crippen LogP contribution in [0.2, 0.25) is 0 Å². The Morgan fingerprint density at radius 1 is 0.875 bits per heavy atom. The highest BCUT2D eigenvalue weighted by Gasteiger charge is 2.15. The van der Waals surface area contributed by atoms with E-state index in [0.29, 0.717) is 0 Å². The Hall–Kier alpha value is -0.0800. The third-order valence-corrected chi connectivity index (χ3v) is 3.51. The molecule has 0 saturated carbocycles. The molecule has 0 atom stereocenters. The van der Waals surface area contributed by atoms with Gasteiger partial charge >= 0.3 is 0 Å². The molecule has 0 unspecified atom stereocenters. The van der Waals surface area contributed by atoms with Gasteiger partial charge in [-0.05, 0) is 31.8 Å². The summed E-state index contributed by atoms with van der Waals surface area (Å²) in [6, 6.07) is 0. The van der Waals surface area contributed by atoms with Crippen molar-refractivity contribution in [1.82, 2.24) is 9.80 Å². The maximum atomic E-state index is 2.65. The molecule has 16 heavy (non-hydrogen) atoms. The third-order valence-electron chi connectivity index (χ3n) is 3.51. The maximum Gasteiger partial charge on any atom is 0.0110 e. The zero-order valence-electron chi connectivity index (χ0n) is 11.5. The van der Waals surface area contributed by atoms with Crippen LogP contribution in [0.5, 0.6) is 0 Å². The monoisotopic (exact) mass is 226 g/mol. The van der Waals surface area contributed by atoms with E-state index in [1.54, 1.807) is 0 Å². The molecule has 0 amide bonds. The van der Waals surface area contributed by atoms with Crippen molar-refractivity contribution in [3.63, 3.8) is 0 Å². The van der Waals surface area contributed by atoms with Crippen molar-refractivity contribution in [1.29, 1.82) is 0 Å². The number of rotatable bonds is 7. The lowest BCUT2D eigenvalue weighted by molar-refractivity contribution is 0.130. The lowest BCUT2D eigenvalue weighted by atomic mass is 10.1. The topological polar surface area (TPSA) is 6.48 Å². The van der Waals surface area contributed by atoms with Crippen molar-refractivity contribution >= 4 is 0 Å². The van der Waals surface area contributed by atoms with Gasteiger partial charge in [0.05, 0.1) is 0 Å². The lowest BCUT2D eigenvalue weighted by Gasteiger charge is -2.34. The summed E-state index contributed by atoms with van der Waals surface area (Å²) >= 11 is 0. The lowest BCUT2D eigenvalue weighted by Crippen LogP contribution is -2.46. The van der Waals surface area contributed by atoms with Gasteiger partial charge in [-0.1, -0.05) is 33.6 Å². The van der Waals surface area contributed by atoms with Crippen LogP contribution in [0, 0.1) is 5.92 Å². The van der Waals surface area contributed by atoms with Gasteiger partial charge in [-0.15, -0.1) is 0 Å². The minimum Gasteiger partial charge on any atom is -0.301 e. The van der Waals surface area contributed by atoms with Gasteiger partial charge in [-0.2, -0.15) is 0 Å². The zero-order valence-corrected chi connectivity index (χ0v) is 11.5. The van der Waals surface area contributed by atoms with Crippen molar-refractivity contribution in [2.45, 2.75) is 46.5 Å². The highest BCUT2D eigenvalue weighted by atomic mass is 15.3. The van der Waals surface area contributed by atoms with Crippen LogP contribution < -0.4 is 0 Å². The predicted molar refractivity (Wildman–Crippen MR) is 71.9 cm³/mol. The van der Waals surface area contributed by atoms with E-state index >= 15 is 0 Å². The van der Waals surface area contributed by atoms with Crippen molar-refractivity contribution in [2.24, 2.45) is 5.92 Å². The molecule has 1 aliphatic rings. The summed E-state index contributed by atoms with van der Waals surface area (Å²) in [7, 11) is 0. The first-order valence-electron chi connectivity index (χ1n) is 7.17. The molecular weight excluding hydrogens is 196 g/mol. The van der Waals surface area contributed by atoms with Gasteiger partial charge in [-0.25, -0.2) is 0 Å². The molecule has 0 aromatic rings. The summed E-state index contributed by atoms with van der Waals surface area (Å²) in [4.78, 5) is 5.25. The molecule has 0 spiro atoms. The Labute approximate surface area is 102 Å². The molecule has 0 bridgehead atoms. The second kappa shape index (κ2) is 8.08. The minimum absolute atomic E-state index is 0.876. The molecule has 1 fully saturated rings. The van der Waals surface area contributed by atoms with Crippen LogP contribution in [0.3, 0.4) is 0 Å². The van der Waals surface area contributed by atoms with E-state index in [-0.39, 0.29) is 0 Å². The van der Waals surface area contributed by atoms with E-state index in [1.165, 1.54) is 65.0 Å². The summed E-state index contributed by atoms with van der Waals surface area (Å²) in [6.45, 7) is 14.7. The standard InChI is InChI=1S/C14H30N2/c1-4-8-15-10-12-16(13-11-15)9-6-5-7-14(2)3/h14H,4-13H2,1-3H3. The number of hydrogen-bond acceptors (Lipinski definition) is 2. The SMILES string of the molecule is CCCN1CCN(CCCCC(C)C)CC1.